The minimum absolute atomic E-state index is 0.191. The fraction of sp³-hybridized carbons (Fsp3) is 0.235. The SMILES string of the molecule is Cc1c(C#N)sc2nc(-c3ccc4c(c3)OCO4)nc(N(C)CO)c12. The van der Waals surface area contributed by atoms with Crippen molar-refractivity contribution < 1.29 is 14.6 Å². The van der Waals surface area contributed by atoms with Gasteiger partial charge in [-0.15, -0.1) is 11.3 Å². The summed E-state index contributed by atoms with van der Waals surface area (Å²) in [6.07, 6.45) is 0. The third kappa shape index (κ3) is 2.45. The summed E-state index contributed by atoms with van der Waals surface area (Å²) in [5.74, 6) is 2.44. The number of aryl methyl sites for hydroxylation is 1. The second-order valence-corrected chi connectivity index (χ2v) is 6.63. The van der Waals surface area contributed by atoms with Crippen LogP contribution < -0.4 is 14.4 Å². The molecule has 2 aromatic heterocycles. The Morgan fingerprint density at radius 2 is 2.12 bits per heavy atom. The van der Waals surface area contributed by atoms with Crippen LogP contribution in [0.5, 0.6) is 11.5 Å². The van der Waals surface area contributed by atoms with E-state index >= 15 is 0 Å². The number of anilines is 1. The zero-order chi connectivity index (χ0) is 17.6. The summed E-state index contributed by atoms with van der Waals surface area (Å²) < 4.78 is 10.8. The number of nitrogens with zero attached hydrogens (tertiary/aromatic N) is 4. The van der Waals surface area contributed by atoms with Crippen molar-refractivity contribution >= 4 is 27.4 Å². The van der Waals surface area contributed by atoms with E-state index in [9.17, 15) is 10.4 Å². The Labute approximate surface area is 147 Å². The number of fused-ring (bicyclic) bond motifs is 2. The van der Waals surface area contributed by atoms with Crippen molar-refractivity contribution in [3.05, 3.63) is 28.6 Å². The van der Waals surface area contributed by atoms with E-state index in [2.05, 4.69) is 16.0 Å². The van der Waals surface area contributed by atoms with Gasteiger partial charge in [0.25, 0.3) is 0 Å². The molecule has 25 heavy (non-hydrogen) atoms. The number of hydrogen-bond donors (Lipinski definition) is 1. The van der Waals surface area contributed by atoms with E-state index in [1.54, 1.807) is 11.9 Å². The molecule has 1 aliphatic heterocycles. The number of aromatic nitrogens is 2. The Bertz CT molecular complexity index is 1020. The molecule has 3 aromatic rings. The molecule has 0 bridgehead atoms. The Hall–Kier alpha value is -2.89. The molecule has 0 atom stereocenters. The van der Waals surface area contributed by atoms with Crippen LogP contribution >= 0.6 is 11.3 Å². The fourth-order valence-corrected chi connectivity index (χ4v) is 3.70. The van der Waals surface area contributed by atoms with Crippen molar-refractivity contribution in [3.8, 4) is 29.0 Å². The van der Waals surface area contributed by atoms with E-state index in [0.717, 1.165) is 16.5 Å². The maximum atomic E-state index is 9.56. The highest BCUT2D eigenvalue weighted by molar-refractivity contribution is 7.19. The summed E-state index contributed by atoms with van der Waals surface area (Å²) >= 11 is 1.32. The van der Waals surface area contributed by atoms with Gasteiger partial charge in [-0.3, -0.25) is 0 Å². The van der Waals surface area contributed by atoms with Crippen LogP contribution in [-0.4, -0.2) is 35.6 Å². The minimum atomic E-state index is -0.191. The summed E-state index contributed by atoms with van der Waals surface area (Å²) in [4.78, 5) is 12.2. The molecule has 126 valence electrons. The molecule has 0 fully saturated rings. The average molecular weight is 354 g/mol. The van der Waals surface area contributed by atoms with Crippen molar-refractivity contribution in [2.24, 2.45) is 0 Å². The molecule has 1 N–H and O–H groups in total. The maximum absolute atomic E-state index is 9.56. The van der Waals surface area contributed by atoms with E-state index in [1.807, 2.05) is 25.1 Å². The molecule has 0 saturated carbocycles. The minimum Gasteiger partial charge on any atom is -0.454 e. The monoisotopic (exact) mass is 354 g/mol. The molecule has 0 aliphatic carbocycles. The van der Waals surface area contributed by atoms with Gasteiger partial charge in [0.2, 0.25) is 6.79 Å². The van der Waals surface area contributed by atoms with E-state index < -0.39 is 0 Å². The lowest BCUT2D eigenvalue weighted by molar-refractivity contribution is 0.174. The number of rotatable bonds is 3. The summed E-state index contributed by atoms with van der Waals surface area (Å²) in [5.41, 5.74) is 1.61. The van der Waals surface area contributed by atoms with Crippen molar-refractivity contribution in [2.75, 3.05) is 25.5 Å². The lowest BCUT2D eigenvalue weighted by atomic mass is 10.1. The Morgan fingerprint density at radius 3 is 2.88 bits per heavy atom. The number of aliphatic hydroxyl groups is 1. The largest absolute Gasteiger partial charge is 0.454 e. The van der Waals surface area contributed by atoms with Crippen LogP contribution in [0, 0.1) is 18.3 Å². The molecule has 1 aliphatic rings. The van der Waals surface area contributed by atoms with Gasteiger partial charge in [0.15, 0.2) is 17.3 Å². The lowest BCUT2D eigenvalue weighted by Gasteiger charge is -2.17. The smallest absolute Gasteiger partial charge is 0.231 e. The normalized spacial score (nSPS) is 12.4. The summed E-state index contributed by atoms with van der Waals surface area (Å²) in [5, 5.41) is 19.7. The van der Waals surface area contributed by atoms with Crippen molar-refractivity contribution in [3.63, 3.8) is 0 Å². The molecule has 4 rings (SSSR count). The van der Waals surface area contributed by atoms with E-state index in [4.69, 9.17) is 9.47 Å². The Balaban J connectivity index is 1.95. The average Bonchev–Trinajstić information content (AvgIpc) is 3.23. The van der Waals surface area contributed by atoms with Crippen molar-refractivity contribution in [1.82, 2.24) is 9.97 Å². The molecule has 7 nitrogen and oxygen atoms in total. The summed E-state index contributed by atoms with van der Waals surface area (Å²) in [6.45, 7) is 1.88. The summed E-state index contributed by atoms with van der Waals surface area (Å²) in [7, 11) is 1.74. The lowest BCUT2D eigenvalue weighted by Crippen LogP contribution is -2.20. The van der Waals surface area contributed by atoms with Crippen LogP contribution in [0.1, 0.15) is 10.4 Å². The van der Waals surface area contributed by atoms with Gasteiger partial charge in [0, 0.05) is 12.6 Å². The highest BCUT2D eigenvalue weighted by Crippen LogP contribution is 2.39. The molecule has 0 radical (unpaired) electrons. The van der Waals surface area contributed by atoms with E-state index in [1.165, 1.54) is 11.3 Å². The van der Waals surface area contributed by atoms with Crippen LogP contribution in [0.15, 0.2) is 18.2 Å². The second-order valence-electron chi connectivity index (χ2n) is 5.63. The number of hydrogen-bond acceptors (Lipinski definition) is 8. The number of nitriles is 1. The Morgan fingerprint density at radius 1 is 1.32 bits per heavy atom. The zero-order valence-corrected chi connectivity index (χ0v) is 14.4. The van der Waals surface area contributed by atoms with Crippen molar-refractivity contribution in [1.29, 1.82) is 5.26 Å². The standard InChI is InChI=1S/C17H14N4O3S/c1-9-13(6-18)25-17-14(9)16(21(2)7-22)19-15(20-17)10-3-4-11-12(5-10)24-8-23-11/h3-5,22H,7-8H2,1-2H3. The van der Waals surface area contributed by atoms with Gasteiger partial charge in [-0.05, 0) is 30.7 Å². The van der Waals surface area contributed by atoms with Gasteiger partial charge in [-0.25, -0.2) is 9.97 Å². The fourth-order valence-electron chi connectivity index (χ4n) is 2.73. The van der Waals surface area contributed by atoms with Crippen LogP contribution in [0.25, 0.3) is 21.6 Å². The quantitative estimate of drug-likeness (QED) is 0.723. The first kappa shape index (κ1) is 15.6. The van der Waals surface area contributed by atoms with Crippen LogP contribution in [0.3, 0.4) is 0 Å². The van der Waals surface area contributed by atoms with Crippen LogP contribution in [0.2, 0.25) is 0 Å². The molecule has 3 heterocycles. The van der Waals surface area contributed by atoms with Gasteiger partial charge in [0.1, 0.15) is 28.3 Å². The first-order chi connectivity index (χ1) is 12.1. The molecular formula is C17H14N4O3S. The first-order valence-corrected chi connectivity index (χ1v) is 8.37. The third-order valence-electron chi connectivity index (χ3n) is 4.08. The summed E-state index contributed by atoms with van der Waals surface area (Å²) in [6, 6.07) is 7.71. The molecule has 8 heteroatoms. The second kappa shape index (κ2) is 5.88. The Kier molecular flexibility index (Phi) is 3.67. The van der Waals surface area contributed by atoms with Gasteiger partial charge in [0.05, 0.1) is 5.39 Å². The maximum Gasteiger partial charge on any atom is 0.231 e. The third-order valence-corrected chi connectivity index (χ3v) is 5.17. The first-order valence-electron chi connectivity index (χ1n) is 7.55. The van der Waals surface area contributed by atoms with Gasteiger partial charge < -0.3 is 19.5 Å². The van der Waals surface area contributed by atoms with Crippen molar-refractivity contribution in [2.45, 2.75) is 6.92 Å². The van der Waals surface area contributed by atoms with Crippen LogP contribution in [-0.2, 0) is 0 Å². The zero-order valence-electron chi connectivity index (χ0n) is 13.6. The number of ether oxygens (including phenoxy) is 2. The van der Waals surface area contributed by atoms with Crippen LogP contribution in [0.4, 0.5) is 5.82 Å². The van der Waals surface area contributed by atoms with Gasteiger partial charge >= 0.3 is 0 Å². The number of thiophene rings is 1. The number of aliphatic hydroxyl groups excluding tert-OH is 1. The predicted molar refractivity (Wildman–Crippen MR) is 93.9 cm³/mol. The molecule has 0 unspecified atom stereocenters. The van der Waals surface area contributed by atoms with E-state index in [-0.39, 0.29) is 13.5 Å². The molecule has 0 saturated heterocycles. The molecule has 0 amide bonds. The topological polar surface area (TPSA) is 91.5 Å². The van der Waals surface area contributed by atoms with E-state index in [0.29, 0.717) is 32.8 Å². The molecule has 0 spiro atoms. The van der Waals surface area contributed by atoms with Gasteiger partial charge in [-0.2, -0.15) is 5.26 Å². The predicted octanol–water partition coefficient (Wildman–Crippen LogP) is 2.65. The molecule has 1 aromatic carbocycles. The van der Waals surface area contributed by atoms with Gasteiger partial charge in [-0.1, -0.05) is 0 Å². The number of benzene rings is 1. The molecular weight excluding hydrogens is 340 g/mol. The highest BCUT2D eigenvalue weighted by atomic mass is 32.1. The highest BCUT2D eigenvalue weighted by Gasteiger charge is 2.20.